The van der Waals surface area contributed by atoms with Crippen molar-refractivity contribution < 1.29 is 14.7 Å². The molecule has 4 rings (SSSR count). The molecule has 3 fully saturated rings. The minimum Gasteiger partial charge on any atom is -0.394 e. The van der Waals surface area contributed by atoms with E-state index < -0.39 is 0 Å². The Balaban J connectivity index is 1.54. The molecule has 2 amide bonds. The van der Waals surface area contributed by atoms with E-state index in [2.05, 4.69) is 30.3 Å². The Morgan fingerprint density at radius 2 is 1.83 bits per heavy atom. The third-order valence-corrected chi connectivity index (χ3v) is 6.64. The summed E-state index contributed by atoms with van der Waals surface area (Å²) >= 11 is 0. The predicted molar refractivity (Wildman–Crippen MR) is 113 cm³/mol. The van der Waals surface area contributed by atoms with E-state index in [0.717, 1.165) is 36.8 Å². The number of benzene rings is 1. The number of carbonyl (C=O) groups excluding carboxylic acids is 2. The van der Waals surface area contributed by atoms with Gasteiger partial charge in [0.05, 0.1) is 18.7 Å². The van der Waals surface area contributed by atoms with Crippen molar-refractivity contribution in [3.05, 3.63) is 41.5 Å². The number of nitrogens with zero attached hydrogens (tertiary/aromatic N) is 2. The summed E-state index contributed by atoms with van der Waals surface area (Å²) in [6.45, 7) is 2.48. The number of amides is 2. The van der Waals surface area contributed by atoms with Crippen LogP contribution in [-0.2, 0) is 9.59 Å². The van der Waals surface area contributed by atoms with Crippen LogP contribution < -0.4 is 0 Å². The number of hydrogen-bond donors (Lipinski definition) is 1. The van der Waals surface area contributed by atoms with Crippen molar-refractivity contribution in [1.29, 1.82) is 0 Å². The molecule has 2 aliphatic carbocycles. The van der Waals surface area contributed by atoms with Gasteiger partial charge >= 0.3 is 0 Å². The van der Waals surface area contributed by atoms with Crippen molar-refractivity contribution in [2.24, 2.45) is 11.8 Å². The Hall–Kier alpha value is -2.14. The summed E-state index contributed by atoms with van der Waals surface area (Å²) in [7, 11) is 1.85. The van der Waals surface area contributed by atoms with Gasteiger partial charge in [0.15, 0.2) is 0 Å². The minimum atomic E-state index is -0.201. The summed E-state index contributed by atoms with van der Waals surface area (Å²) in [5.41, 5.74) is 2.26. The summed E-state index contributed by atoms with van der Waals surface area (Å²) in [6.07, 6.45) is 8.88. The number of likely N-dealkylation sites (N-methyl/N-ethyl adjacent to an activating group) is 1. The largest absolute Gasteiger partial charge is 0.394 e. The Morgan fingerprint density at radius 1 is 1.14 bits per heavy atom. The molecule has 3 atom stereocenters. The molecule has 5 heteroatoms. The molecule has 1 heterocycles. The SMILES string of the molecule is C/C=C/c1ccc([C@@H]2[C@@H](CN(C)C(=O)CC3CC3)N(C(=O)C3CC3)[C@H]2CO)cc1. The van der Waals surface area contributed by atoms with Gasteiger partial charge in [0.25, 0.3) is 0 Å². The van der Waals surface area contributed by atoms with Gasteiger partial charge in [0, 0.05) is 31.8 Å². The second kappa shape index (κ2) is 8.31. The summed E-state index contributed by atoms with van der Waals surface area (Å²) in [5, 5.41) is 10.1. The van der Waals surface area contributed by atoms with Crippen molar-refractivity contribution in [2.75, 3.05) is 20.2 Å². The molecule has 2 saturated carbocycles. The third-order valence-electron chi connectivity index (χ3n) is 6.64. The lowest BCUT2D eigenvalue weighted by molar-refractivity contribution is -0.155. The molecule has 156 valence electrons. The molecule has 1 saturated heterocycles. The van der Waals surface area contributed by atoms with Crippen molar-refractivity contribution in [3.63, 3.8) is 0 Å². The van der Waals surface area contributed by atoms with Crippen LogP contribution in [0, 0.1) is 11.8 Å². The molecular formula is C24H32N2O3. The van der Waals surface area contributed by atoms with Gasteiger partial charge in [0.2, 0.25) is 11.8 Å². The van der Waals surface area contributed by atoms with Gasteiger partial charge in [0.1, 0.15) is 0 Å². The lowest BCUT2D eigenvalue weighted by Crippen LogP contribution is -2.69. The zero-order chi connectivity index (χ0) is 20.5. The number of allylic oxidation sites excluding steroid dienone is 1. The molecule has 0 radical (unpaired) electrons. The van der Waals surface area contributed by atoms with Crippen LogP contribution in [0.2, 0.25) is 0 Å². The predicted octanol–water partition coefficient (Wildman–Crippen LogP) is 3.04. The standard InChI is InChI=1S/C24H32N2O3/c1-3-4-16-7-9-18(10-8-16)23-20(14-25(2)22(28)13-17-5-6-17)26(21(23)15-27)24(29)19-11-12-19/h3-4,7-10,17,19-21,23,27H,5-6,11-15H2,1-2H3/b4-3+/t20-,21+,23-/m1/s1. The molecule has 5 nitrogen and oxygen atoms in total. The van der Waals surface area contributed by atoms with Gasteiger partial charge in [-0.25, -0.2) is 0 Å². The highest BCUT2D eigenvalue weighted by Gasteiger charge is 2.54. The van der Waals surface area contributed by atoms with Crippen LogP contribution in [0.15, 0.2) is 30.3 Å². The highest BCUT2D eigenvalue weighted by molar-refractivity contribution is 5.83. The minimum absolute atomic E-state index is 0.0457. The maximum atomic E-state index is 12.9. The number of likely N-dealkylation sites (tertiary alicyclic amines) is 1. The smallest absolute Gasteiger partial charge is 0.226 e. The molecular weight excluding hydrogens is 364 g/mol. The van der Waals surface area contributed by atoms with Gasteiger partial charge in [-0.2, -0.15) is 0 Å². The van der Waals surface area contributed by atoms with E-state index in [-0.39, 0.29) is 42.3 Å². The fourth-order valence-corrected chi connectivity index (χ4v) is 4.59. The first-order valence-corrected chi connectivity index (χ1v) is 10.9. The monoisotopic (exact) mass is 396 g/mol. The van der Waals surface area contributed by atoms with E-state index in [9.17, 15) is 14.7 Å². The molecule has 3 aliphatic rings. The first-order chi connectivity index (χ1) is 14.0. The molecule has 0 unspecified atom stereocenters. The molecule has 1 aromatic carbocycles. The molecule has 0 aromatic heterocycles. The zero-order valence-corrected chi connectivity index (χ0v) is 17.5. The van der Waals surface area contributed by atoms with Crippen molar-refractivity contribution >= 4 is 17.9 Å². The number of hydrogen-bond acceptors (Lipinski definition) is 3. The molecule has 0 bridgehead atoms. The van der Waals surface area contributed by atoms with Gasteiger partial charge in [-0.1, -0.05) is 36.4 Å². The first-order valence-electron chi connectivity index (χ1n) is 10.9. The van der Waals surface area contributed by atoms with E-state index in [1.807, 2.05) is 24.9 Å². The highest BCUT2D eigenvalue weighted by atomic mass is 16.3. The molecule has 1 aromatic rings. The number of aliphatic hydroxyl groups excluding tert-OH is 1. The fraction of sp³-hybridized carbons (Fsp3) is 0.583. The quantitative estimate of drug-likeness (QED) is 0.735. The lowest BCUT2D eigenvalue weighted by Gasteiger charge is -2.56. The van der Waals surface area contributed by atoms with Gasteiger partial charge in [-0.3, -0.25) is 9.59 Å². The van der Waals surface area contributed by atoms with E-state index in [1.54, 1.807) is 4.90 Å². The summed E-state index contributed by atoms with van der Waals surface area (Å²) < 4.78 is 0. The summed E-state index contributed by atoms with van der Waals surface area (Å²) in [5.74, 6) is 1.03. The van der Waals surface area contributed by atoms with Crippen LogP contribution in [0.4, 0.5) is 0 Å². The Kier molecular flexibility index (Phi) is 5.77. The average Bonchev–Trinajstić information content (AvgIpc) is 3.60. The molecule has 29 heavy (non-hydrogen) atoms. The average molecular weight is 397 g/mol. The summed E-state index contributed by atoms with van der Waals surface area (Å²) in [6, 6.07) is 8.08. The highest BCUT2D eigenvalue weighted by Crippen LogP contribution is 2.45. The Morgan fingerprint density at radius 3 is 2.38 bits per heavy atom. The Labute approximate surface area is 173 Å². The van der Waals surface area contributed by atoms with Crippen molar-refractivity contribution in [3.8, 4) is 0 Å². The second-order valence-electron chi connectivity index (χ2n) is 8.95. The van der Waals surface area contributed by atoms with Crippen molar-refractivity contribution in [2.45, 2.75) is 57.0 Å². The van der Waals surface area contributed by atoms with Gasteiger partial charge < -0.3 is 14.9 Å². The van der Waals surface area contributed by atoms with E-state index in [1.165, 1.54) is 0 Å². The maximum Gasteiger partial charge on any atom is 0.226 e. The first kappa shape index (κ1) is 20.1. The third kappa shape index (κ3) is 4.25. The van der Waals surface area contributed by atoms with Crippen LogP contribution in [0.3, 0.4) is 0 Å². The second-order valence-corrected chi connectivity index (χ2v) is 8.95. The number of aliphatic hydroxyl groups is 1. The summed E-state index contributed by atoms with van der Waals surface area (Å²) in [4.78, 5) is 29.2. The normalized spacial score (nSPS) is 26.4. The lowest BCUT2D eigenvalue weighted by atomic mass is 9.74. The molecule has 1 N–H and O–H groups in total. The van der Waals surface area contributed by atoms with Crippen LogP contribution in [0.5, 0.6) is 0 Å². The number of rotatable bonds is 8. The fourth-order valence-electron chi connectivity index (χ4n) is 4.59. The number of carbonyl (C=O) groups is 2. The van der Waals surface area contributed by atoms with Crippen LogP contribution >= 0.6 is 0 Å². The van der Waals surface area contributed by atoms with Gasteiger partial charge in [-0.05, 0) is 49.7 Å². The van der Waals surface area contributed by atoms with Crippen LogP contribution in [0.1, 0.15) is 56.1 Å². The van der Waals surface area contributed by atoms with Gasteiger partial charge in [-0.15, -0.1) is 0 Å². The van der Waals surface area contributed by atoms with E-state index in [0.29, 0.717) is 18.9 Å². The molecule has 1 aliphatic heterocycles. The zero-order valence-electron chi connectivity index (χ0n) is 17.5. The Bertz CT molecular complexity index is 780. The van der Waals surface area contributed by atoms with Crippen LogP contribution in [0.25, 0.3) is 6.08 Å². The molecule has 0 spiro atoms. The van der Waals surface area contributed by atoms with Crippen molar-refractivity contribution in [1.82, 2.24) is 9.80 Å². The maximum absolute atomic E-state index is 12.9. The van der Waals surface area contributed by atoms with Crippen LogP contribution in [-0.4, -0.2) is 59.0 Å². The topological polar surface area (TPSA) is 60.9 Å². The van der Waals surface area contributed by atoms with E-state index in [4.69, 9.17) is 0 Å². The van der Waals surface area contributed by atoms with E-state index >= 15 is 0 Å².